The second kappa shape index (κ2) is 3.35. The Balaban J connectivity index is 1.97. The van der Waals surface area contributed by atoms with E-state index in [-0.39, 0.29) is 0 Å². The zero-order chi connectivity index (χ0) is 3.41. The highest BCUT2D eigenvalue weighted by molar-refractivity contribution is 6.25. The van der Waals surface area contributed by atoms with Crippen molar-refractivity contribution in [1.82, 2.24) is 0 Å². The molecule has 0 aromatic carbocycles. The lowest BCUT2D eigenvalue weighted by molar-refractivity contribution is 0.392. The second-order valence-electron chi connectivity index (χ2n) is 0.407. The summed E-state index contributed by atoms with van der Waals surface area (Å²) in [6, 6.07) is 0. The first-order valence-electron chi connectivity index (χ1n) is 0.986. The van der Waals surface area contributed by atoms with Crippen molar-refractivity contribution in [2.24, 2.45) is 0 Å². The molecule has 0 saturated carbocycles. The Kier molecular flexibility index (Phi) is 3.65. The third-order valence-electron chi connectivity index (χ3n) is 0.118. The molecule has 0 aromatic heterocycles. The quantitative estimate of drug-likeness (QED) is 0.336. The first-order valence-corrected chi connectivity index (χ1v) is 2.96. The van der Waals surface area contributed by atoms with E-state index in [9.17, 15) is 4.80 Å². The zero-order valence-electron chi connectivity index (χ0n) is 2.52. The molecule has 0 atom stereocenters. The van der Waals surface area contributed by atoms with E-state index in [1.807, 2.05) is 0 Å². The molecule has 0 fully saturated rings. The van der Waals surface area contributed by atoms with Crippen molar-refractivity contribution >= 4 is 20.5 Å². The predicted molar refractivity (Wildman–Crippen MR) is 20.3 cm³/mol. The minimum atomic E-state index is -1.26. The van der Waals surface area contributed by atoms with Gasteiger partial charge in [0.15, 0.2) is 0 Å². The molecule has 1 radical (unpaired) electrons. The topological polar surface area (TPSA) is 29.1 Å². The van der Waals surface area contributed by atoms with E-state index in [1.54, 1.807) is 0 Å². The van der Waals surface area contributed by atoms with E-state index in [0.717, 1.165) is 0 Å². The van der Waals surface area contributed by atoms with Gasteiger partial charge >= 0.3 is 10.0 Å². The first kappa shape index (κ1) is 4.35. The van der Waals surface area contributed by atoms with Gasteiger partial charge in [-0.05, 0) is 0 Å². The van der Waals surface area contributed by atoms with Crippen molar-refractivity contribution in [3.8, 4) is 0 Å². The Hall–Kier alpha value is 0.354. The van der Waals surface area contributed by atoms with Crippen LogP contribution in [0.1, 0.15) is 0 Å². The number of hydrogen-bond donors (Lipinski definition) is 0. The Morgan fingerprint density at radius 2 is 2.25 bits per heavy atom. The largest absolute Gasteiger partial charge is 0.447 e. The summed E-state index contributed by atoms with van der Waals surface area (Å²) in [7, 11) is -0.625. The van der Waals surface area contributed by atoms with Gasteiger partial charge in [-0.1, -0.05) is 0 Å². The number of rotatable bonds is 1. The Morgan fingerprint density at radius 1 is 2.00 bits per heavy atom. The molecular weight excluding hydrogens is 88.2 g/mol. The molecule has 4 heteroatoms. The van der Waals surface area contributed by atoms with Crippen molar-refractivity contribution in [2.75, 3.05) is 0 Å². The molecule has 0 aromatic rings. The Morgan fingerprint density at radius 3 is 2.25 bits per heavy atom. The fraction of sp³-hybridized carbons (Fsp3) is 0. The van der Waals surface area contributed by atoms with Crippen LogP contribution >= 0.6 is 0 Å². The fourth-order valence-corrected chi connectivity index (χ4v) is 0. The van der Waals surface area contributed by atoms with E-state index in [0.29, 0.717) is 10.5 Å². The van der Waals surface area contributed by atoms with Crippen LogP contribution in [0.3, 0.4) is 0 Å². The second-order valence-corrected chi connectivity index (χ2v) is 2.95. The molecule has 2 nitrogen and oxygen atoms in total. The third-order valence-corrected chi connectivity index (χ3v) is 1.06. The van der Waals surface area contributed by atoms with E-state index in [4.69, 9.17) is 0 Å². The van der Waals surface area contributed by atoms with Crippen molar-refractivity contribution in [3.05, 3.63) is 0 Å². The van der Waals surface area contributed by atoms with Crippen LogP contribution in [0.25, 0.3) is 0 Å². The van der Waals surface area contributed by atoms with Gasteiger partial charge in [0.25, 0.3) is 0 Å². The maximum absolute atomic E-state index is 9.25. The van der Waals surface area contributed by atoms with Crippen molar-refractivity contribution < 1.29 is 8.91 Å². The maximum Gasteiger partial charge on any atom is 0.332 e. The maximum atomic E-state index is 9.25. The van der Waals surface area contributed by atoms with Gasteiger partial charge in [-0.15, -0.1) is 0 Å². The minimum absolute atomic E-state index is 0.639. The minimum Gasteiger partial charge on any atom is -0.447 e. The highest BCUT2D eigenvalue weighted by atomic mass is 28.3. The van der Waals surface area contributed by atoms with E-state index < -0.39 is 10.0 Å². The summed E-state index contributed by atoms with van der Waals surface area (Å²) in [5.74, 6) is 0. The summed E-state index contributed by atoms with van der Waals surface area (Å²) in [5.41, 5.74) is 0. The van der Waals surface area contributed by atoms with Crippen LogP contribution in [0.15, 0.2) is 0 Å². The molecule has 0 rings (SSSR count). The summed E-state index contributed by atoms with van der Waals surface area (Å²) in [4.78, 5) is 9.25. The molecule has 0 aliphatic rings. The lowest BCUT2D eigenvalue weighted by atomic mass is 15.8. The van der Waals surface area contributed by atoms with Gasteiger partial charge < -0.3 is 4.12 Å². The average molecular weight is 93.2 g/mol. The molecule has 0 aliphatic carbocycles. The molecule has 0 amide bonds. The SMILES string of the molecule is [O][SiH2]O[SiH3]. The van der Waals surface area contributed by atoms with Gasteiger partial charge in [0, 0.05) is 0 Å². The summed E-state index contributed by atoms with van der Waals surface area (Å²) < 4.78 is 4.26. The average Bonchev–Trinajstić information content (AvgIpc) is 1.37. The van der Waals surface area contributed by atoms with Crippen LogP contribution < -0.4 is 0 Å². The smallest absolute Gasteiger partial charge is 0.332 e. The van der Waals surface area contributed by atoms with Gasteiger partial charge in [0.1, 0.15) is 10.5 Å². The number of hydrogen-bond acceptors (Lipinski definition) is 1. The Bertz CT molecular complexity index is 6.00. The molecule has 0 bridgehead atoms. The van der Waals surface area contributed by atoms with E-state index >= 15 is 0 Å². The Labute approximate surface area is 30.4 Å². The van der Waals surface area contributed by atoms with Gasteiger partial charge in [0.2, 0.25) is 0 Å². The highest BCUT2D eigenvalue weighted by Crippen LogP contribution is 1.39. The normalized spacial score (nSPS) is 11.2. The molecule has 4 heavy (non-hydrogen) atoms. The molecule has 0 unspecified atom stereocenters. The molecule has 0 spiro atoms. The summed E-state index contributed by atoms with van der Waals surface area (Å²) in [6.45, 7) is 0. The predicted octanol–water partition coefficient (Wildman–Crippen LogP) is -2.29. The fourth-order valence-electron chi connectivity index (χ4n) is 0. The van der Waals surface area contributed by atoms with Crippen LogP contribution in [0, 0.1) is 0 Å². The molecule has 25 valence electrons. The molecular formula is H5O2Si2. The van der Waals surface area contributed by atoms with E-state index in [1.165, 1.54) is 0 Å². The summed E-state index contributed by atoms with van der Waals surface area (Å²) in [5, 5.41) is 0. The zero-order valence-corrected chi connectivity index (χ0v) is 5.94. The summed E-state index contributed by atoms with van der Waals surface area (Å²) >= 11 is 0. The first-order chi connectivity index (χ1) is 1.91. The van der Waals surface area contributed by atoms with Gasteiger partial charge in [-0.25, -0.2) is 0 Å². The monoisotopic (exact) mass is 93.0 g/mol. The van der Waals surface area contributed by atoms with Crippen LogP contribution in [-0.4, -0.2) is 20.5 Å². The molecule has 0 heterocycles. The van der Waals surface area contributed by atoms with Crippen molar-refractivity contribution in [2.45, 2.75) is 0 Å². The molecule has 0 aliphatic heterocycles. The lowest BCUT2D eigenvalue weighted by Gasteiger charge is -1.72. The summed E-state index contributed by atoms with van der Waals surface area (Å²) in [6.07, 6.45) is 0. The standard InChI is InChI=1S/H5O2Si2/c1-4-2-3/h4H2,3H3. The van der Waals surface area contributed by atoms with Crippen LogP contribution in [0.4, 0.5) is 0 Å². The molecule has 0 N–H and O–H groups in total. The molecule has 0 saturated heterocycles. The lowest BCUT2D eigenvalue weighted by Crippen LogP contribution is -1.86. The van der Waals surface area contributed by atoms with Crippen molar-refractivity contribution in [1.29, 1.82) is 0 Å². The van der Waals surface area contributed by atoms with Crippen LogP contribution in [0.2, 0.25) is 0 Å². The van der Waals surface area contributed by atoms with E-state index in [2.05, 4.69) is 4.12 Å². The third kappa shape index (κ3) is 2.35. The van der Waals surface area contributed by atoms with Gasteiger partial charge in [-0.3, -0.25) is 4.80 Å². The van der Waals surface area contributed by atoms with Gasteiger partial charge in [-0.2, -0.15) is 0 Å². The van der Waals surface area contributed by atoms with Crippen molar-refractivity contribution in [3.63, 3.8) is 0 Å². The highest BCUT2D eigenvalue weighted by Gasteiger charge is 1.60. The van der Waals surface area contributed by atoms with Gasteiger partial charge in [0.05, 0.1) is 0 Å². The van der Waals surface area contributed by atoms with Crippen LogP contribution in [0.5, 0.6) is 0 Å². The van der Waals surface area contributed by atoms with Crippen LogP contribution in [-0.2, 0) is 8.91 Å².